The number of sulfonamides is 1. The molecule has 0 aromatic heterocycles. The lowest BCUT2D eigenvalue weighted by Crippen LogP contribution is -2.36. The molecule has 10 heteroatoms. The summed E-state index contributed by atoms with van der Waals surface area (Å²) in [6, 6.07) is 5.06. The van der Waals surface area contributed by atoms with Gasteiger partial charge in [-0.25, -0.2) is 8.42 Å². The van der Waals surface area contributed by atoms with Crippen molar-refractivity contribution in [1.82, 2.24) is 9.21 Å². The lowest BCUT2D eigenvalue weighted by atomic mass is 10.1. The number of piperidine rings is 2. The molecule has 3 fully saturated rings. The van der Waals surface area contributed by atoms with Gasteiger partial charge in [-0.3, -0.25) is 9.59 Å². The zero-order valence-corrected chi connectivity index (χ0v) is 19.3. The van der Waals surface area contributed by atoms with Crippen LogP contribution in [0.5, 0.6) is 0 Å². The molecule has 3 aliphatic heterocycles. The van der Waals surface area contributed by atoms with E-state index in [-0.39, 0.29) is 22.6 Å². The summed E-state index contributed by atoms with van der Waals surface area (Å²) in [6.07, 6.45) is 6.11. The first-order chi connectivity index (χ1) is 14.9. The van der Waals surface area contributed by atoms with Crippen molar-refractivity contribution in [3.8, 4) is 0 Å². The predicted octanol–water partition coefficient (Wildman–Crippen LogP) is 2.96. The van der Waals surface area contributed by atoms with E-state index in [0.29, 0.717) is 31.1 Å². The summed E-state index contributed by atoms with van der Waals surface area (Å²) in [6.45, 7) is 3.36. The molecular weight excluding hydrogens is 436 g/mol. The second-order valence-corrected chi connectivity index (χ2v) is 11.3. The van der Waals surface area contributed by atoms with E-state index < -0.39 is 10.0 Å². The molecule has 0 spiro atoms. The van der Waals surface area contributed by atoms with Gasteiger partial charge in [0.2, 0.25) is 15.9 Å². The molecule has 4 rings (SSSR count). The maximum atomic E-state index is 13.2. The van der Waals surface area contributed by atoms with E-state index in [1.165, 1.54) is 27.4 Å². The normalized spacial score (nSPS) is 20.8. The van der Waals surface area contributed by atoms with Gasteiger partial charge in [-0.2, -0.15) is 4.31 Å². The lowest BCUT2D eigenvalue weighted by Gasteiger charge is -2.31. The van der Waals surface area contributed by atoms with E-state index in [1.54, 1.807) is 12.1 Å². The number of nitrogens with zero attached hydrogens (tertiary/aromatic N) is 3. The average Bonchev–Trinajstić information content (AvgIpc) is 3.19. The summed E-state index contributed by atoms with van der Waals surface area (Å²) < 4.78 is 27.9. The Morgan fingerprint density at radius 2 is 1.65 bits per heavy atom. The molecule has 0 atom stereocenters. The van der Waals surface area contributed by atoms with Gasteiger partial charge in [0.15, 0.2) is 0 Å². The highest BCUT2D eigenvalue weighted by Crippen LogP contribution is 2.33. The van der Waals surface area contributed by atoms with Gasteiger partial charge in [0.25, 0.3) is 5.24 Å². The fourth-order valence-corrected chi connectivity index (χ4v) is 6.74. The fourth-order valence-electron chi connectivity index (χ4n) is 4.37. The summed E-state index contributed by atoms with van der Waals surface area (Å²) in [4.78, 5) is 28.5. The van der Waals surface area contributed by atoms with Crippen molar-refractivity contribution in [3.05, 3.63) is 18.2 Å². The average molecular weight is 467 g/mol. The zero-order chi connectivity index (χ0) is 21.8. The molecule has 3 aliphatic rings. The smallest absolute Gasteiger partial charge is 0.282 e. The molecule has 8 nitrogen and oxygen atoms in total. The van der Waals surface area contributed by atoms with Crippen molar-refractivity contribution in [2.75, 3.05) is 55.2 Å². The number of amides is 2. The minimum Gasteiger partial charge on any atom is -0.370 e. The Bertz CT molecular complexity index is 925. The van der Waals surface area contributed by atoms with Gasteiger partial charge in [-0.15, -0.1) is 0 Å². The number of benzene rings is 1. The van der Waals surface area contributed by atoms with Gasteiger partial charge in [0.1, 0.15) is 6.54 Å². The van der Waals surface area contributed by atoms with E-state index >= 15 is 0 Å². The second-order valence-electron chi connectivity index (χ2n) is 8.28. The zero-order valence-electron chi connectivity index (χ0n) is 17.7. The third kappa shape index (κ3) is 5.18. The molecule has 0 radical (unpaired) electrons. The monoisotopic (exact) mass is 466 g/mol. The van der Waals surface area contributed by atoms with Crippen LogP contribution in [0.2, 0.25) is 0 Å². The highest BCUT2D eigenvalue weighted by molar-refractivity contribution is 8.13. The molecular formula is C21H30N4O4S2. The number of carbonyl (C=O) groups excluding carboxylic acids is 2. The van der Waals surface area contributed by atoms with Crippen molar-refractivity contribution < 1.29 is 18.0 Å². The van der Waals surface area contributed by atoms with Crippen LogP contribution < -0.4 is 10.2 Å². The first-order valence-electron chi connectivity index (χ1n) is 11.1. The fraction of sp³-hybridized carbons (Fsp3) is 0.619. The van der Waals surface area contributed by atoms with E-state index in [4.69, 9.17) is 0 Å². The molecule has 3 saturated heterocycles. The topological polar surface area (TPSA) is 90.0 Å². The lowest BCUT2D eigenvalue weighted by molar-refractivity contribution is -0.116. The Kier molecular flexibility index (Phi) is 7.08. The van der Waals surface area contributed by atoms with Crippen LogP contribution in [0.3, 0.4) is 0 Å². The molecule has 31 heavy (non-hydrogen) atoms. The molecule has 0 bridgehead atoms. The SMILES string of the molecule is O=C(CN1CCSC1=O)Nc1cc(S(=O)(=O)N2CCCCC2)ccc1N1CCCCC1. The van der Waals surface area contributed by atoms with Crippen molar-refractivity contribution in [3.63, 3.8) is 0 Å². The molecule has 2 amide bonds. The Morgan fingerprint density at radius 3 is 2.29 bits per heavy atom. The molecule has 1 aromatic rings. The summed E-state index contributed by atoms with van der Waals surface area (Å²) in [5.41, 5.74) is 1.34. The quantitative estimate of drug-likeness (QED) is 0.693. The minimum absolute atomic E-state index is 0.0195. The van der Waals surface area contributed by atoms with Crippen molar-refractivity contribution in [2.45, 2.75) is 43.4 Å². The number of nitrogens with one attached hydrogen (secondary N) is 1. The Balaban J connectivity index is 1.60. The third-order valence-corrected chi connectivity index (χ3v) is 8.86. The van der Waals surface area contributed by atoms with Crippen LogP contribution in [0.1, 0.15) is 38.5 Å². The summed E-state index contributed by atoms with van der Waals surface area (Å²) in [5, 5.41) is 2.81. The first-order valence-corrected chi connectivity index (χ1v) is 13.5. The highest BCUT2D eigenvalue weighted by atomic mass is 32.2. The van der Waals surface area contributed by atoms with Gasteiger partial charge < -0.3 is 15.1 Å². The summed E-state index contributed by atoms with van der Waals surface area (Å²) in [5.74, 6) is 0.385. The highest BCUT2D eigenvalue weighted by Gasteiger charge is 2.28. The summed E-state index contributed by atoms with van der Waals surface area (Å²) >= 11 is 1.22. The number of thioether (sulfide) groups is 1. The Labute approximate surface area is 188 Å². The van der Waals surface area contributed by atoms with Gasteiger partial charge in [-0.1, -0.05) is 18.2 Å². The molecule has 0 aliphatic carbocycles. The standard InChI is InChI=1S/C21H30N4O4S2/c26-20(16-24-13-14-30-21(24)27)22-18-15-17(31(28,29)25-11-5-2-6-12-25)7-8-19(18)23-9-3-1-4-10-23/h7-8,15H,1-6,9-14,16H2,(H,22,26). The number of hydrogen-bond acceptors (Lipinski definition) is 6. The van der Waals surface area contributed by atoms with Crippen molar-refractivity contribution in [1.29, 1.82) is 0 Å². The summed E-state index contributed by atoms with van der Waals surface area (Å²) in [7, 11) is -3.60. The van der Waals surface area contributed by atoms with E-state index in [1.807, 2.05) is 6.07 Å². The van der Waals surface area contributed by atoms with Crippen LogP contribution in [0, 0.1) is 0 Å². The van der Waals surface area contributed by atoms with Crippen LogP contribution in [0.4, 0.5) is 16.2 Å². The van der Waals surface area contributed by atoms with Crippen LogP contribution in [-0.2, 0) is 14.8 Å². The number of hydrogen-bond donors (Lipinski definition) is 1. The van der Waals surface area contributed by atoms with Crippen LogP contribution in [0.25, 0.3) is 0 Å². The second kappa shape index (κ2) is 9.79. The molecule has 0 saturated carbocycles. The van der Waals surface area contributed by atoms with Gasteiger partial charge in [0, 0.05) is 38.5 Å². The van der Waals surface area contributed by atoms with E-state index in [0.717, 1.165) is 50.9 Å². The molecule has 3 heterocycles. The van der Waals surface area contributed by atoms with E-state index in [2.05, 4.69) is 10.2 Å². The third-order valence-electron chi connectivity index (χ3n) is 6.07. The number of anilines is 2. The van der Waals surface area contributed by atoms with Crippen LogP contribution in [0.15, 0.2) is 23.1 Å². The molecule has 1 N–H and O–H groups in total. The Morgan fingerprint density at radius 1 is 0.968 bits per heavy atom. The number of rotatable bonds is 6. The van der Waals surface area contributed by atoms with Crippen LogP contribution in [-0.4, -0.2) is 73.8 Å². The molecule has 1 aromatic carbocycles. The van der Waals surface area contributed by atoms with Crippen molar-refractivity contribution >= 4 is 44.3 Å². The first kappa shape index (κ1) is 22.4. The molecule has 0 unspecified atom stereocenters. The largest absolute Gasteiger partial charge is 0.370 e. The van der Waals surface area contributed by atoms with Gasteiger partial charge in [0.05, 0.1) is 16.3 Å². The van der Waals surface area contributed by atoms with Gasteiger partial charge in [-0.05, 0) is 50.3 Å². The van der Waals surface area contributed by atoms with Crippen LogP contribution >= 0.6 is 11.8 Å². The van der Waals surface area contributed by atoms with Gasteiger partial charge >= 0.3 is 0 Å². The van der Waals surface area contributed by atoms with Crippen molar-refractivity contribution in [2.24, 2.45) is 0 Å². The maximum Gasteiger partial charge on any atom is 0.282 e. The number of carbonyl (C=O) groups is 2. The predicted molar refractivity (Wildman–Crippen MR) is 123 cm³/mol. The Hall–Kier alpha value is -1.78. The maximum absolute atomic E-state index is 13.2. The van der Waals surface area contributed by atoms with E-state index in [9.17, 15) is 18.0 Å². The molecule has 170 valence electrons. The minimum atomic E-state index is -3.60.